The molecule has 1 heterocycles. The van der Waals surface area contributed by atoms with Crippen molar-refractivity contribution in [3.63, 3.8) is 0 Å². The number of aromatic nitrogens is 2. The molecule has 0 atom stereocenters. The lowest BCUT2D eigenvalue weighted by molar-refractivity contribution is 0.0950. The highest BCUT2D eigenvalue weighted by molar-refractivity contribution is 6.99. The molecule has 2 aromatic carbocycles. The van der Waals surface area contributed by atoms with E-state index in [0.717, 1.165) is 17.0 Å². The second-order valence-corrected chi connectivity index (χ2v) is 6.31. The SMILES string of the molecule is Cc1ccc(CNC(=O)c2cccc(OCc3nsnc3C)c2)cc1. The quantitative estimate of drug-likeness (QED) is 0.734. The normalized spacial score (nSPS) is 10.5. The Bertz CT molecular complexity index is 859. The fourth-order valence-corrected chi connectivity index (χ4v) is 2.80. The number of aryl methyl sites for hydroxylation is 2. The summed E-state index contributed by atoms with van der Waals surface area (Å²) in [6.45, 7) is 4.78. The van der Waals surface area contributed by atoms with Crippen LogP contribution in [0.15, 0.2) is 48.5 Å². The van der Waals surface area contributed by atoms with Crippen molar-refractivity contribution in [3.8, 4) is 5.75 Å². The summed E-state index contributed by atoms with van der Waals surface area (Å²) in [7, 11) is 0. The molecular formula is C19H19N3O2S. The molecule has 128 valence electrons. The van der Waals surface area contributed by atoms with E-state index in [1.807, 2.05) is 50.2 Å². The maximum atomic E-state index is 12.3. The van der Waals surface area contributed by atoms with Crippen molar-refractivity contribution < 1.29 is 9.53 Å². The zero-order valence-corrected chi connectivity index (χ0v) is 15.0. The summed E-state index contributed by atoms with van der Waals surface area (Å²) in [5, 5.41) is 2.93. The standard InChI is InChI=1S/C19H19N3O2S/c1-13-6-8-15(9-7-13)11-20-19(23)16-4-3-5-17(10-16)24-12-18-14(2)21-25-22-18/h3-10H,11-12H2,1-2H3,(H,20,23). The van der Waals surface area contributed by atoms with Crippen LogP contribution in [0.5, 0.6) is 5.75 Å². The predicted molar refractivity (Wildman–Crippen MR) is 97.8 cm³/mol. The van der Waals surface area contributed by atoms with Gasteiger partial charge in [-0.3, -0.25) is 4.79 Å². The predicted octanol–water partition coefficient (Wildman–Crippen LogP) is 3.66. The summed E-state index contributed by atoms with van der Waals surface area (Å²) in [6.07, 6.45) is 0. The van der Waals surface area contributed by atoms with Gasteiger partial charge in [-0.25, -0.2) is 0 Å². The van der Waals surface area contributed by atoms with E-state index in [1.165, 1.54) is 17.3 Å². The summed E-state index contributed by atoms with van der Waals surface area (Å²) in [6, 6.07) is 15.2. The molecule has 0 bridgehead atoms. The van der Waals surface area contributed by atoms with Gasteiger partial charge in [0, 0.05) is 12.1 Å². The molecule has 25 heavy (non-hydrogen) atoms. The molecule has 0 aliphatic heterocycles. The molecule has 1 N–H and O–H groups in total. The average Bonchev–Trinajstić information content (AvgIpc) is 3.04. The van der Waals surface area contributed by atoms with E-state index in [4.69, 9.17) is 4.74 Å². The maximum Gasteiger partial charge on any atom is 0.251 e. The average molecular weight is 353 g/mol. The van der Waals surface area contributed by atoms with Gasteiger partial charge in [-0.15, -0.1) is 0 Å². The lowest BCUT2D eigenvalue weighted by atomic mass is 10.1. The second-order valence-electron chi connectivity index (χ2n) is 5.78. The molecule has 6 heteroatoms. The Hall–Kier alpha value is -2.73. The van der Waals surface area contributed by atoms with Gasteiger partial charge < -0.3 is 10.1 Å². The highest BCUT2D eigenvalue weighted by Gasteiger charge is 2.08. The Kier molecular flexibility index (Phi) is 5.40. The molecule has 0 aliphatic rings. The van der Waals surface area contributed by atoms with Crippen LogP contribution in [0.3, 0.4) is 0 Å². The first kappa shape index (κ1) is 17.1. The maximum absolute atomic E-state index is 12.3. The van der Waals surface area contributed by atoms with E-state index in [9.17, 15) is 4.79 Å². The Morgan fingerprint density at radius 2 is 1.92 bits per heavy atom. The van der Waals surface area contributed by atoms with Gasteiger partial charge in [-0.05, 0) is 37.6 Å². The van der Waals surface area contributed by atoms with E-state index in [0.29, 0.717) is 24.5 Å². The Labute approximate surface area is 151 Å². The van der Waals surface area contributed by atoms with Crippen molar-refractivity contribution in [3.05, 3.63) is 76.6 Å². The number of benzene rings is 2. The van der Waals surface area contributed by atoms with E-state index in [1.54, 1.807) is 12.1 Å². The molecule has 0 spiro atoms. The first-order valence-corrected chi connectivity index (χ1v) is 8.69. The van der Waals surface area contributed by atoms with Crippen LogP contribution in [-0.2, 0) is 13.2 Å². The van der Waals surface area contributed by atoms with Crippen LogP contribution < -0.4 is 10.1 Å². The lowest BCUT2D eigenvalue weighted by Crippen LogP contribution is -2.22. The topological polar surface area (TPSA) is 64.1 Å². The van der Waals surface area contributed by atoms with E-state index in [-0.39, 0.29) is 5.91 Å². The summed E-state index contributed by atoms with van der Waals surface area (Å²) in [4.78, 5) is 12.3. The van der Waals surface area contributed by atoms with E-state index >= 15 is 0 Å². The number of ether oxygens (including phenoxy) is 1. The number of rotatable bonds is 6. The van der Waals surface area contributed by atoms with Gasteiger partial charge >= 0.3 is 0 Å². The molecule has 1 amide bonds. The van der Waals surface area contributed by atoms with Crippen LogP contribution in [0, 0.1) is 13.8 Å². The van der Waals surface area contributed by atoms with Crippen molar-refractivity contribution in [2.24, 2.45) is 0 Å². The van der Waals surface area contributed by atoms with Gasteiger partial charge in [0.1, 0.15) is 18.1 Å². The highest BCUT2D eigenvalue weighted by atomic mass is 32.1. The largest absolute Gasteiger partial charge is 0.487 e. The first-order valence-electron chi connectivity index (χ1n) is 7.96. The molecule has 0 aliphatic carbocycles. The minimum absolute atomic E-state index is 0.127. The molecular weight excluding hydrogens is 334 g/mol. The van der Waals surface area contributed by atoms with Gasteiger partial charge in [0.25, 0.3) is 5.91 Å². The fraction of sp³-hybridized carbons (Fsp3) is 0.211. The number of hydrogen-bond donors (Lipinski definition) is 1. The van der Waals surface area contributed by atoms with Crippen molar-refractivity contribution in [2.75, 3.05) is 0 Å². The van der Waals surface area contributed by atoms with Gasteiger partial charge in [0.15, 0.2) is 0 Å². The number of amides is 1. The third-order valence-corrected chi connectivity index (χ3v) is 4.45. The number of nitrogens with zero attached hydrogens (tertiary/aromatic N) is 2. The smallest absolute Gasteiger partial charge is 0.251 e. The number of carbonyl (C=O) groups is 1. The molecule has 3 rings (SSSR count). The van der Waals surface area contributed by atoms with Crippen molar-refractivity contribution in [1.29, 1.82) is 0 Å². The van der Waals surface area contributed by atoms with E-state index in [2.05, 4.69) is 14.1 Å². The second kappa shape index (κ2) is 7.90. The van der Waals surface area contributed by atoms with Crippen molar-refractivity contribution in [1.82, 2.24) is 14.1 Å². The van der Waals surface area contributed by atoms with Crippen LogP contribution in [-0.4, -0.2) is 14.7 Å². The Morgan fingerprint density at radius 3 is 2.64 bits per heavy atom. The fourth-order valence-electron chi connectivity index (χ4n) is 2.25. The monoisotopic (exact) mass is 353 g/mol. The van der Waals surface area contributed by atoms with Gasteiger partial charge in [0.2, 0.25) is 0 Å². The van der Waals surface area contributed by atoms with Crippen LogP contribution in [0.2, 0.25) is 0 Å². The molecule has 0 fully saturated rings. The molecule has 0 radical (unpaired) electrons. The molecule has 1 aromatic heterocycles. The third-order valence-electron chi connectivity index (χ3n) is 3.79. The Morgan fingerprint density at radius 1 is 1.12 bits per heavy atom. The van der Waals surface area contributed by atoms with Gasteiger partial charge in [0.05, 0.1) is 17.4 Å². The summed E-state index contributed by atoms with van der Waals surface area (Å²) >= 11 is 1.17. The third kappa shape index (κ3) is 4.64. The minimum atomic E-state index is -0.127. The molecule has 5 nitrogen and oxygen atoms in total. The molecule has 0 saturated carbocycles. The zero-order chi connectivity index (χ0) is 17.6. The Balaban J connectivity index is 1.59. The first-order chi connectivity index (χ1) is 12.1. The van der Waals surface area contributed by atoms with Crippen LogP contribution in [0.25, 0.3) is 0 Å². The minimum Gasteiger partial charge on any atom is -0.487 e. The number of nitrogens with one attached hydrogen (secondary N) is 1. The summed E-state index contributed by atoms with van der Waals surface area (Å²) < 4.78 is 14.0. The molecule has 3 aromatic rings. The van der Waals surface area contributed by atoms with Crippen LogP contribution in [0.1, 0.15) is 32.9 Å². The van der Waals surface area contributed by atoms with Crippen molar-refractivity contribution >= 4 is 17.6 Å². The molecule has 0 saturated heterocycles. The number of hydrogen-bond acceptors (Lipinski definition) is 5. The molecule has 0 unspecified atom stereocenters. The summed E-state index contributed by atoms with van der Waals surface area (Å²) in [5.74, 6) is 0.507. The van der Waals surface area contributed by atoms with Crippen LogP contribution >= 0.6 is 11.7 Å². The summed E-state index contributed by atoms with van der Waals surface area (Å²) in [5.41, 5.74) is 4.53. The van der Waals surface area contributed by atoms with Gasteiger partial charge in [-0.1, -0.05) is 35.9 Å². The van der Waals surface area contributed by atoms with Crippen molar-refractivity contribution in [2.45, 2.75) is 27.0 Å². The van der Waals surface area contributed by atoms with Crippen LogP contribution in [0.4, 0.5) is 0 Å². The number of carbonyl (C=O) groups excluding carboxylic acids is 1. The van der Waals surface area contributed by atoms with E-state index < -0.39 is 0 Å². The lowest BCUT2D eigenvalue weighted by Gasteiger charge is -2.08. The zero-order valence-electron chi connectivity index (χ0n) is 14.2. The van der Waals surface area contributed by atoms with Gasteiger partial charge in [-0.2, -0.15) is 8.75 Å². The highest BCUT2D eigenvalue weighted by Crippen LogP contribution is 2.16.